The molecule has 3 nitrogen and oxygen atoms in total. The van der Waals surface area contributed by atoms with Crippen LogP contribution in [0.4, 0.5) is 11.4 Å². The maximum Gasteiger partial charge on any atom is 0.127 e. The van der Waals surface area contributed by atoms with E-state index in [4.69, 9.17) is 4.74 Å². The van der Waals surface area contributed by atoms with Crippen molar-refractivity contribution >= 4 is 11.4 Å². The lowest BCUT2D eigenvalue weighted by molar-refractivity contribution is 0.482. The third-order valence-corrected chi connectivity index (χ3v) is 6.75. The summed E-state index contributed by atoms with van der Waals surface area (Å²) in [5.74, 6) is 1.74. The van der Waals surface area contributed by atoms with Gasteiger partial charge in [-0.3, -0.25) is 0 Å². The highest BCUT2D eigenvalue weighted by atomic mass is 16.5. The summed E-state index contributed by atoms with van der Waals surface area (Å²) in [4.78, 5) is 0. The van der Waals surface area contributed by atoms with Crippen molar-refractivity contribution in [3.63, 3.8) is 0 Å². The number of hydrogen-bond donors (Lipinski definition) is 2. The van der Waals surface area contributed by atoms with E-state index in [1.165, 1.54) is 89.9 Å². The van der Waals surface area contributed by atoms with Gasteiger partial charge in [0.05, 0.1) is 0 Å². The second kappa shape index (κ2) is 18.2. The van der Waals surface area contributed by atoms with E-state index < -0.39 is 0 Å². The Hall–Kier alpha value is -2.16. The molecule has 0 radical (unpaired) electrons. The molecule has 2 rings (SSSR count). The Labute approximate surface area is 216 Å². The van der Waals surface area contributed by atoms with Crippen LogP contribution in [-0.4, -0.2) is 12.1 Å². The summed E-state index contributed by atoms with van der Waals surface area (Å²) >= 11 is 0. The van der Waals surface area contributed by atoms with Crippen molar-refractivity contribution in [1.29, 1.82) is 0 Å². The van der Waals surface area contributed by atoms with Crippen LogP contribution in [0.15, 0.2) is 48.5 Å². The molecule has 2 aromatic carbocycles. The predicted molar refractivity (Wildman–Crippen MR) is 155 cm³/mol. The van der Waals surface area contributed by atoms with Crippen LogP contribution in [-0.2, 0) is 0 Å². The van der Waals surface area contributed by atoms with Crippen LogP contribution in [0.2, 0.25) is 0 Å². The average Bonchev–Trinajstić information content (AvgIpc) is 2.86. The minimum Gasteiger partial charge on any atom is -0.457 e. The summed E-state index contributed by atoms with van der Waals surface area (Å²) in [6.07, 6.45) is 18.7. The van der Waals surface area contributed by atoms with Gasteiger partial charge < -0.3 is 15.4 Å². The predicted octanol–water partition coefficient (Wildman–Crippen LogP) is 10.6. The first-order valence-corrected chi connectivity index (χ1v) is 14.5. The first kappa shape index (κ1) is 29.1. The molecule has 3 heteroatoms. The lowest BCUT2D eigenvalue weighted by Crippen LogP contribution is -2.14. The van der Waals surface area contributed by atoms with Gasteiger partial charge in [0.2, 0.25) is 0 Å². The zero-order chi connectivity index (χ0) is 25.1. The molecule has 0 heterocycles. The first-order chi connectivity index (χ1) is 17.1. The molecule has 0 aromatic heterocycles. The molecule has 0 aliphatic carbocycles. The van der Waals surface area contributed by atoms with E-state index in [0.717, 1.165) is 22.9 Å². The lowest BCUT2D eigenvalue weighted by Gasteiger charge is -2.16. The molecule has 0 spiro atoms. The molecular weight excluding hydrogens is 428 g/mol. The van der Waals surface area contributed by atoms with E-state index in [-0.39, 0.29) is 0 Å². The highest BCUT2D eigenvalue weighted by molar-refractivity contribution is 5.50. The van der Waals surface area contributed by atoms with Crippen LogP contribution in [0.5, 0.6) is 11.5 Å². The smallest absolute Gasteiger partial charge is 0.127 e. The van der Waals surface area contributed by atoms with E-state index in [1.807, 2.05) is 0 Å². The summed E-state index contributed by atoms with van der Waals surface area (Å²) in [5.41, 5.74) is 2.32. The Balaban J connectivity index is 1.66. The summed E-state index contributed by atoms with van der Waals surface area (Å²) < 4.78 is 6.07. The molecule has 0 amide bonds. The number of benzene rings is 2. The fraction of sp³-hybridized carbons (Fsp3) is 0.625. The van der Waals surface area contributed by atoms with Gasteiger partial charge in [0, 0.05) is 23.5 Å². The normalized spacial score (nSPS) is 12.8. The van der Waals surface area contributed by atoms with E-state index in [0.29, 0.717) is 12.1 Å². The van der Waals surface area contributed by atoms with Gasteiger partial charge in [-0.25, -0.2) is 0 Å². The Morgan fingerprint density at radius 1 is 0.514 bits per heavy atom. The molecule has 2 aromatic rings. The summed E-state index contributed by atoms with van der Waals surface area (Å²) in [5, 5.41) is 7.25. The van der Waals surface area contributed by atoms with Crippen LogP contribution in [0, 0.1) is 0 Å². The van der Waals surface area contributed by atoms with Gasteiger partial charge in [0.25, 0.3) is 0 Å². The number of unbranched alkanes of at least 4 members (excludes halogenated alkanes) is 10. The van der Waals surface area contributed by atoms with Crippen molar-refractivity contribution in [2.24, 2.45) is 0 Å². The second-order valence-corrected chi connectivity index (χ2v) is 10.4. The van der Waals surface area contributed by atoms with Crippen LogP contribution in [0.3, 0.4) is 0 Å². The highest BCUT2D eigenvalue weighted by Crippen LogP contribution is 2.25. The molecule has 0 aliphatic heterocycles. The van der Waals surface area contributed by atoms with Gasteiger partial charge in [-0.15, -0.1) is 0 Å². The number of ether oxygens (including phenoxy) is 1. The summed E-state index contributed by atoms with van der Waals surface area (Å²) in [6.45, 7) is 9.10. The molecule has 0 bridgehead atoms. The number of hydrogen-bond acceptors (Lipinski definition) is 3. The largest absolute Gasteiger partial charge is 0.457 e. The highest BCUT2D eigenvalue weighted by Gasteiger charge is 2.05. The van der Waals surface area contributed by atoms with Gasteiger partial charge in [-0.2, -0.15) is 0 Å². The fourth-order valence-corrected chi connectivity index (χ4v) is 4.55. The van der Waals surface area contributed by atoms with E-state index in [1.54, 1.807) is 0 Å². The summed E-state index contributed by atoms with van der Waals surface area (Å²) in [6, 6.07) is 17.7. The van der Waals surface area contributed by atoms with Gasteiger partial charge in [0.15, 0.2) is 0 Å². The number of nitrogens with one attached hydrogen (secondary N) is 2. The quantitative estimate of drug-likeness (QED) is 0.185. The van der Waals surface area contributed by atoms with Crippen molar-refractivity contribution < 1.29 is 4.74 Å². The Kier molecular flexibility index (Phi) is 15.1. The lowest BCUT2D eigenvalue weighted by atomic mass is 10.1. The Morgan fingerprint density at radius 3 is 1.23 bits per heavy atom. The molecule has 2 unspecified atom stereocenters. The molecule has 2 atom stereocenters. The minimum atomic E-state index is 0.497. The third kappa shape index (κ3) is 13.5. The average molecular weight is 481 g/mol. The zero-order valence-electron chi connectivity index (χ0n) is 23.1. The van der Waals surface area contributed by atoms with Crippen LogP contribution >= 0.6 is 0 Å². The van der Waals surface area contributed by atoms with E-state index >= 15 is 0 Å². The number of anilines is 2. The third-order valence-electron chi connectivity index (χ3n) is 6.75. The van der Waals surface area contributed by atoms with Crippen LogP contribution in [0.25, 0.3) is 0 Å². The van der Waals surface area contributed by atoms with Gasteiger partial charge in [-0.05, 0) is 75.2 Å². The maximum absolute atomic E-state index is 6.07. The van der Waals surface area contributed by atoms with E-state index in [9.17, 15) is 0 Å². The monoisotopic (exact) mass is 480 g/mol. The molecule has 0 fully saturated rings. The van der Waals surface area contributed by atoms with Crippen molar-refractivity contribution in [2.45, 2.75) is 130 Å². The van der Waals surface area contributed by atoms with Crippen LogP contribution < -0.4 is 15.4 Å². The molecule has 0 aliphatic rings. The second-order valence-electron chi connectivity index (χ2n) is 10.4. The number of rotatable bonds is 20. The molecule has 0 saturated carbocycles. The van der Waals surface area contributed by atoms with Gasteiger partial charge in [-0.1, -0.05) is 90.9 Å². The Morgan fingerprint density at radius 2 is 0.857 bits per heavy atom. The fourth-order valence-electron chi connectivity index (χ4n) is 4.55. The maximum atomic E-state index is 6.07. The zero-order valence-corrected chi connectivity index (χ0v) is 23.1. The topological polar surface area (TPSA) is 33.3 Å². The van der Waals surface area contributed by atoms with Crippen molar-refractivity contribution in [1.82, 2.24) is 0 Å². The standard InChI is InChI=1S/C32H52N2O/c1-5-7-9-11-13-15-17-27(3)33-29-19-23-31(24-20-29)35-32-25-21-30(22-26-32)34-28(4)18-16-14-12-10-8-6-2/h19-28,33-34H,5-18H2,1-4H3. The van der Waals surface area contributed by atoms with E-state index in [2.05, 4.69) is 86.9 Å². The molecule has 196 valence electrons. The van der Waals surface area contributed by atoms with Crippen molar-refractivity contribution in [3.8, 4) is 11.5 Å². The Bertz CT molecular complexity index is 691. The molecule has 35 heavy (non-hydrogen) atoms. The summed E-state index contributed by atoms with van der Waals surface area (Å²) in [7, 11) is 0. The van der Waals surface area contributed by atoms with Gasteiger partial charge in [0.1, 0.15) is 11.5 Å². The first-order valence-electron chi connectivity index (χ1n) is 14.5. The minimum absolute atomic E-state index is 0.497. The molecule has 0 saturated heterocycles. The molecule has 2 N–H and O–H groups in total. The van der Waals surface area contributed by atoms with Crippen molar-refractivity contribution in [3.05, 3.63) is 48.5 Å². The molecular formula is C32H52N2O. The SMILES string of the molecule is CCCCCCCCC(C)Nc1ccc(Oc2ccc(NC(C)CCCCCCCC)cc2)cc1. The van der Waals surface area contributed by atoms with Gasteiger partial charge >= 0.3 is 0 Å². The van der Waals surface area contributed by atoms with Crippen LogP contribution in [0.1, 0.15) is 118 Å². The van der Waals surface area contributed by atoms with Crippen molar-refractivity contribution in [2.75, 3.05) is 10.6 Å².